The van der Waals surface area contributed by atoms with Gasteiger partial charge in [0.05, 0.1) is 11.3 Å². The molecular weight excluding hydrogens is 364 g/mol. The van der Waals surface area contributed by atoms with E-state index in [0.717, 1.165) is 4.90 Å². The van der Waals surface area contributed by atoms with Crippen molar-refractivity contribution < 1.29 is 23.9 Å². The first-order valence-corrected chi connectivity index (χ1v) is 8.79. The maximum absolute atomic E-state index is 12.2. The third-order valence-electron chi connectivity index (χ3n) is 4.19. The number of nitriles is 1. The Morgan fingerprint density at radius 3 is 2.61 bits per heavy atom. The van der Waals surface area contributed by atoms with E-state index in [2.05, 4.69) is 10.6 Å². The maximum atomic E-state index is 12.2. The van der Waals surface area contributed by atoms with Crippen LogP contribution in [0.5, 0.6) is 0 Å². The van der Waals surface area contributed by atoms with Gasteiger partial charge in [0.2, 0.25) is 0 Å². The molecule has 148 valence electrons. The summed E-state index contributed by atoms with van der Waals surface area (Å²) >= 11 is 0. The minimum atomic E-state index is -1.06. The lowest BCUT2D eigenvalue weighted by molar-refractivity contribution is -0.153. The standard InChI is InChI=1S/C19H22N4O5/c1-12(16(25)21-14-8-5-4-7-13(14)11-20)28-15(24)9-6-10-23-17(26)19(2,3)22-18(23)27/h4-5,7-8,12H,6,9-10H2,1-3H3,(H,21,25)(H,22,27)/t12-/m0/s1. The highest BCUT2D eigenvalue weighted by atomic mass is 16.5. The van der Waals surface area contributed by atoms with Crippen molar-refractivity contribution in [1.82, 2.24) is 10.2 Å². The van der Waals surface area contributed by atoms with E-state index in [1.807, 2.05) is 6.07 Å². The number of amides is 4. The maximum Gasteiger partial charge on any atom is 0.325 e. The van der Waals surface area contributed by atoms with Crippen LogP contribution in [0.1, 0.15) is 39.2 Å². The fourth-order valence-electron chi connectivity index (χ4n) is 2.64. The number of urea groups is 1. The Morgan fingerprint density at radius 1 is 1.32 bits per heavy atom. The second kappa shape index (κ2) is 8.52. The largest absolute Gasteiger partial charge is 0.453 e. The Labute approximate surface area is 162 Å². The number of benzene rings is 1. The van der Waals surface area contributed by atoms with Gasteiger partial charge in [-0.05, 0) is 39.3 Å². The van der Waals surface area contributed by atoms with E-state index in [1.165, 1.54) is 6.92 Å². The molecule has 4 amide bonds. The molecule has 2 N–H and O–H groups in total. The fourth-order valence-corrected chi connectivity index (χ4v) is 2.64. The van der Waals surface area contributed by atoms with Gasteiger partial charge in [-0.25, -0.2) is 4.79 Å². The molecule has 1 aliphatic rings. The zero-order valence-electron chi connectivity index (χ0n) is 15.9. The zero-order valence-corrected chi connectivity index (χ0v) is 15.9. The van der Waals surface area contributed by atoms with Gasteiger partial charge in [0.15, 0.2) is 6.10 Å². The van der Waals surface area contributed by atoms with Crippen molar-refractivity contribution in [3.8, 4) is 6.07 Å². The molecule has 0 spiro atoms. The highest BCUT2D eigenvalue weighted by molar-refractivity contribution is 6.06. The molecule has 1 atom stereocenters. The van der Waals surface area contributed by atoms with E-state index in [9.17, 15) is 19.2 Å². The summed E-state index contributed by atoms with van der Waals surface area (Å²) in [5, 5.41) is 14.1. The van der Waals surface area contributed by atoms with Gasteiger partial charge in [-0.1, -0.05) is 12.1 Å². The number of para-hydroxylation sites is 1. The first-order chi connectivity index (χ1) is 13.2. The molecule has 0 bridgehead atoms. The zero-order chi connectivity index (χ0) is 20.9. The van der Waals surface area contributed by atoms with E-state index in [0.29, 0.717) is 11.3 Å². The number of ether oxygens (including phenoxy) is 1. The number of nitrogens with zero attached hydrogens (tertiary/aromatic N) is 2. The van der Waals surface area contributed by atoms with Crippen molar-refractivity contribution in [3.63, 3.8) is 0 Å². The van der Waals surface area contributed by atoms with E-state index in [-0.39, 0.29) is 25.3 Å². The van der Waals surface area contributed by atoms with Crippen molar-refractivity contribution in [2.75, 3.05) is 11.9 Å². The third kappa shape index (κ3) is 4.85. The SMILES string of the molecule is C[C@H](OC(=O)CCCN1C(=O)NC(C)(C)C1=O)C(=O)Nc1ccccc1C#N. The third-order valence-corrected chi connectivity index (χ3v) is 4.19. The number of hydrogen-bond acceptors (Lipinski definition) is 6. The van der Waals surface area contributed by atoms with Crippen molar-refractivity contribution in [3.05, 3.63) is 29.8 Å². The van der Waals surface area contributed by atoms with Crippen LogP contribution in [0.2, 0.25) is 0 Å². The molecule has 1 saturated heterocycles. The predicted octanol–water partition coefficient (Wildman–Crippen LogP) is 1.54. The minimum Gasteiger partial charge on any atom is -0.453 e. The molecule has 0 aliphatic carbocycles. The Kier molecular flexibility index (Phi) is 6.36. The molecule has 0 unspecified atom stereocenters. The number of carbonyl (C=O) groups excluding carboxylic acids is 4. The highest BCUT2D eigenvalue weighted by Gasteiger charge is 2.43. The Morgan fingerprint density at radius 2 is 2.00 bits per heavy atom. The quantitative estimate of drug-likeness (QED) is 0.540. The number of imide groups is 1. The smallest absolute Gasteiger partial charge is 0.325 e. The number of nitrogens with one attached hydrogen (secondary N) is 2. The van der Waals surface area contributed by atoms with Gasteiger partial charge in [0, 0.05) is 13.0 Å². The molecule has 9 nitrogen and oxygen atoms in total. The minimum absolute atomic E-state index is 0.0517. The van der Waals surface area contributed by atoms with Crippen LogP contribution in [-0.4, -0.2) is 46.9 Å². The highest BCUT2D eigenvalue weighted by Crippen LogP contribution is 2.17. The van der Waals surface area contributed by atoms with Gasteiger partial charge in [0.1, 0.15) is 11.6 Å². The van der Waals surface area contributed by atoms with Gasteiger partial charge in [-0.15, -0.1) is 0 Å². The van der Waals surface area contributed by atoms with Crippen molar-refractivity contribution in [2.24, 2.45) is 0 Å². The Bertz CT molecular complexity index is 843. The Balaban J connectivity index is 1.79. The normalized spacial score (nSPS) is 16.1. The molecule has 1 aromatic carbocycles. The van der Waals surface area contributed by atoms with Crippen LogP contribution in [-0.2, 0) is 19.1 Å². The van der Waals surface area contributed by atoms with Gasteiger partial charge in [-0.3, -0.25) is 19.3 Å². The number of hydrogen-bond donors (Lipinski definition) is 2. The summed E-state index contributed by atoms with van der Waals surface area (Å²) in [6, 6.07) is 7.94. The number of anilines is 1. The topological polar surface area (TPSA) is 129 Å². The molecule has 0 radical (unpaired) electrons. The lowest BCUT2D eigenvalue weighted by Gasteiger charge is -2.16. The van der Waals surface area contributed by atoms with Crippen LogP contribution in [0.25, 0.3) is 0 Å². The summed E-state index contributed by atoms with van der Waals surface area (Å²) in [5.74, 6) is -1.54. The summed E-state index contributed by atoms with van der Waals surface area (Å²) in [5.41, 5.74) is -0.325. The first-order valence-electron chi connectivity index (χ1n) is 8.79. The number of esters is 1. The molecule has 1 fully saturated rings. The van der Waals surface area contributed by atoms with E-state index in [1.54, 1.807) is 38.1 Å². The van der Waals surface area contributed by atoms with Crippen LogP contribution in [0.3, 0.4) is 0 Å². The molecule has 1 aliphatic heterocycles. The van der Waals surface area contributed by atoms with Crippen molar-refractivity contribution in [2.45, 2.75) is 45.3 Å². The number of rotatable bonds is 7. The monoisotopic (exact) mass is 386 g/mol. The van der Waals surface area contributed by atoms with Crippen molar-refractivity contribution >= 4 is 29.5 Å². The lowest BCUT2D eigenvalue weighted by atomic mass is 10.1. The molecule has 28 heavy (non-hydrogen) atoms. The van der Waals surface area contributed by atoms with Gasteiger partial charge in [0.25, 0.3) is 11.8 Å². The second-order valence-electron chi connectivity index (χ2n) is 6.89. The molecule has 1 heterocycles. The molecule has 0 saturated carbocycles. The average Bonchev–Trinajstić information content (AvgIpc) is 2.83. The molecule has 1 aromatic rings. The average molecular weight is 386 g/mol. The van der Waals surface area contributed by atoms with E-state index in [4.69, 9.17) is 10.00 Å². The summed E-state index contributed by atoms with van der Waals surface area (Å²) in [4.78, 5) is 49.0. The first kappa shape index (κ1) is 20.9. The molecular formula is C19H22N4O5. The molecule has 0 aromatic heterocycles. The summed E-state index contributed by atoms with van der Waals surface area (Å²) in [6.45, 7) is 4.71. The molecule has 9 heteroatoms. The van der Waals surface area contributed by atoms with E-state index < -0.39 is 29.6 Å². The summed E-state index contributed by atoms with van der Waals surface area (Å²) in [7, 11) is 0. The second-order valence-corrected chi connectivity index (χ2v) is 6.89. The summed E-state index contributed by atoms with van der Waals surface area (Å²) < 4.78 is 5.08. The van der Waals surface area contributed by atoms with Crippen LogP contribution in [0.4, 0.5) is 10.5 Å². The van der Waals surface area contributed by atoms with Gasteiger partial charge in [-0.2, -0.15) is 5.26 Å². The van der Waals surface area contributed by atoms with Gasteiger partial charge >= 0.3 is 12.0 Å². The van der Waals surface area contributed by atoms with Gasteiger partial charge < -0.3 is 15.4 Å². The van der Waals surface area contributed by atoms with Crippen LogP contribution in [0.15, 0.2) is 24.3 Å². The van der Waals surface area contributed by atoms with E-state index >= 15 is 0 Å². The van der Waals surface area contributed by atoms with Crippen LogP contribution >= 0.6 is 0 Å². The summed E-state index contributed by atoms with van der Waals surface area (Å²) in [6.07, 6.45) is -0.890. The molecule has 2 rings (SSSR count). The van der Waals surface area contributed by atoms with Crippen LogP contribution in [0, 0.1) is 11.3 Å². The van der Waals surface area contributed by atoms with Crippen molar-refractivity contribution in [1.29, 1.82) is 5.26 Å². The Hall–Kier alpha value is -3.41. The van der Waals surface area contributed by atoms with Crippen LogP contribution < -0.4 is 10.6 Å². The fraction of sp³-hybridized carbons (Fsp3) is 0.421. The lowest BCUT2D eigenvalue weighted by Crippen LogP contribution is -2.40. The number of carbonyl (C=O) groups is 4. The predicted molar refractivity (Wildman–Crippen MR) is 98.9 cm³/mol.